The third-order valence-corrected chi connectivity index (χ3v) is 5.52. The number of para-hydroxylation sites is 1. The average molecular weight is 434 g/mol. The van der Waals surface area contributed by atoms with Crippen molar-refractivity contribution in [2.45, 2.75) is 26.8 Å². The first-order chi connectivity index (χ1) is 15.4. The second kappa shape index (κ2) is 9.19. The summed E-state index contributed by atoms with van der Waals surface area (Å²) >= 11 is 0. The third kappa shape index (κ3) is 4.78. The summed E-state index contributed by atoms with van der Waals surface area (Å²) in [6.07, 6.45) is 2.26. The lowest BCUT2D eigenvalue weighted by Crippen LogP contribution is -2.26. The Labute approximate surface area is 187 Å². The number of carbonyl (C=O) groups excluding carboxylic acids is 1. The molecule has 0 aliphatic carbocycles. The highest BCUT2D eigenvalue weighted by atomic mass is 16.5. The third-order valence-electron chi connectivity index (χ3n) is 5.52. The molecule has 0 radical (unpaired) electrons. The first-order valence-corrected chi connectivity index (χ1v) is 10.4. The first-order valence-electron chi connectivity index (χ1n) is 10.4. The molecule has 166 valence electrons. The zero-order valence-corrected chi connectivity index (χ0v) is 18.5. The molecule has 4 N–H and O–H groups in total. The zero-order chi connectivity index (χ0) is 22.7. The van der Waals surface area contributed by atoms with Gasteiger partial charge in [-0.3, -0.25) is 4.79 Å². The van der Waals surface area contributed by atoms with Gasteiger partial charge in [-0.1, -0.05) is 18.2 Å². The Morgan fingerprint density at radius 2 is 1.97 bits per heavy atom. The van der Waals surface area contributed by atoms with E-state index in [0.29, 0.717) is 12.5 Å². The number of nitrogens with two attached hydrogens (primary N) is 1. The number of benzene rings is 2. The van der Waals surface area contributed by atoms with Crippen LogP contribution in [0.1, 0.15) is 32.7 Å². The van der Waals surface area contributed by atoms with Crippen LogP contribution in [0, 0.1) is 13.8 Å². The van der Waals surface area contributed by atoms with Crippen LogP contribution in [0.2, 0.25) is 0 Å². The summed E-state index contributed by atoms with van der Waals surface area (Å²) in [6, 6.07) is 10.3. The van der Waals surface area contributed by atoms with E-state index in [4.69, 9.17) is 10.5 Å². The smallest absolute Gasteiger partial charge is 0.270 e. The van der Waals surface area contributed by atoms with Crippen LogP contribution < -0.4 is 21.1 Å². The van der Waals surface area contributed by atoms with Crippen LogP contribution in [-0.4, -0.2) is 46.3 Å². The number of nitrogens with zero attached hydrogens (tertiary/aromatic N) is 4. The fourth-order valence-corrected chi connectivity index (χ4v) is 3.79. The number of aromatic nitrogens is 3. The summed E-state index contributed by atoms with van der Waals surface area (Å²) < 4.78 is 6.14. The number of rotatable bonds is 7. The minimum absolute atomic E-state index is 0.0110. The Kier molecular flexibility index (Phi) is 6.18. The first kappa shape index (κ1) is 21.5. The molecule has 3 aromatic rings. The Balaban J connectivity index is 1.57. The summed E-state index contributed by atoms with van der Waals surface area (Å²) in [7, 11) is 2.10. The van der Waals surface area contributed by atoms with Crippen molar-refractivity contribution in [3.8, 4) is 5.75 Å². The molecule has 0 atom stereocenters. The Morgan fingerprint density at radius 1 is 1.19 bits per heavy atom. The van der Waals surface area contributed by atoms with E-state index in [2.05, 4.69) is 75.9 Å². The number of hydrogen-bond donors (Lipinski definition) is 3. The highest BCUT2D eigenvalue weighted by molar-refractivity contribution is 5.90. The van der Waals surface area contributed by atoms with Crippen molar-refractivity contribution in [3.05, 3.63) is 64.5 Å². The van der Waals surface area contributed by atoms with Crippen molar-refractivity contribution >= 4 is 23.2 Å². The molecule has 4 rings (SSSR count). The summed E-state index contributed by atoms with van der Waals surface area (Å²) in [5.41, 5.74) is 11.8. The van der Waals surface area contributed by atoms with E-state index in [1.54, 1.807) is 0 Å². The van der Waals surface area contributed by atoms with E-state index in [9.17, 15) is 4.79 Å². The minimum atomic E-state index is -0.671. The number of anilines is 3. The van der Waals surface area contributed by atoms with Crippen LogP contribution in [0.25, 0.3) is 0 Å². The highest BCUT2D eigenvalue weighted by Crippen LogP contribution is 2.33. The van der Waals surface area contributed by atoms with E-state index in [-0.39, 0.29) is 11.6 Å². The lowest BCUT2D eigenvalue weighted by molar-refractivity contribution is 0.0994. The summed E-state index contributed by atoms with van der Waals surface area (Å²) in [4.78, 5) is 17.6. The minimum Gasteiger partial charge on any atom is -0.471 e. The van der Waals surface area contributed by atoms with Gasteiger partial charge in [0, 0.05) is 18.8 Å². The molecule has 0 unspecified atom stereocenters. The molecule has 2 heterocycles. The number of carbonyl (C=O) groups is 1. The number of amides is 1. The van der Waals surface area contributed by atoms with Gasteiger partial charge >= 0.3 is 0 Å². The number of ether oxygens (including phenoxy) is 1. The molecule has 0 spiro atoms. The van der Waals surface area contributed by atoms with Crippen molar-refractivity contribution in [2.75, 3.05) is 31.0 Å². The summed E-state index contributed by atoms with van der Waals surface area (Å²) in [5.74, 6) is 0.274. The van der Waals surface area contributed by atoms with E-state index >= 15 is 0 Å². The van der Waals surface area contributed by atoms with Crippen molar-refractivity contribution < 1.29 is 9.53 Å². The number of primary amides is 1. The molecule has 9 heteroatoms. The van der Waals surface area contributed by atoms with Crippen molar-refractivity contribution in [3.63, 3.8) is 0 Å². The van der Waals surface area contributed by atoms with Crippen molar-refractivity contribution in [1.29, 1.82) is 0 Å². The second-order valence-corrected chi connectivity index (χ2v) is 7.99. The molecule has 1 amide bonds. The molecule has 1 aliphatic rings. The topological polar surface area (TPSA) is 118 Å². The second-order valence-electron chi connectivity index (χ2n) is 7.99. The maximum atomic E-state index is 11.2. The van der Waals surface area contributed by atoms with Crippen LogP contribution in [0.4, 0.5) is 17.3 Å². The van der Waals surface area contributed by atoms with E-state index < -0.39 is 5.91 Å². The quantitative estimate of drug-likeness (QED) is 0.487. The molecular formula is C23H27N7O2. The average Bonchev–Trinajstić information content (AvgIpc) is 2.76. The molecule has 2 aromatic carbocycles. The molecule has 9 nitrogen and oxygen atoms in total. The number of fused-ring (bicyclic) bond motifs is 1. The fraction of sp³-hybridized carbons (Fsp3) is 0.304. The van der Waals surface area contributed by atoms with Gasteiger partial charge in [0.1, 0.15) is 5.75 Å². The Bertz CT molecular complexity index is 1110. The van der Waals surface area contributed by atoms with Crippen LogP contribution in [0.3, 0.4) is 0 Å². The highest BCUT2D eigenvalue weighted by Gasteiger charge is 2.18. The fourth-order valence-electron chi connectivity index (χ4n) is 3.79. The largest absolute Gasteiger partial charge is 0.471 e. The SMILES string of the molecule is Cc1cccc(C)c1NCOc1cc2c(cc1Nc1ncc(C(N)=O)nn1)CN(C)CC2. The number of likely N-dealkylation sites (N-methyl/N-ethyl adjacent to an activating group) is 1. The van der Waals surface area contributed by atoms with Crippen LogP contribution in [0.15, 0.2) is 36.5 Å². The monoisotopic (exact) mass is 433 g/mol. The van der Waals surface area contributed by atoms with Crippen LogP contribution >= 0.6 is 0 Å². The predicted molar refractivity (Wildman–Crippen MR) is 123 cm³/mol. The summed E-state index contributed by atoms with van der Waals surface area (Å²) in [5, 5.41) is 14.3. The maximum Gasteiger partial charge on any atom is 0.270 e. The molecule has 1 aliphatic heterocycles. The van der Waals surface area contributed by atoms with Gasteiger partial charge < -0.3 is 26.0 Å². The van der Waals surface area contributed by atoms with Gasteiger partial charge in [-0.05, 0) is 61.7 Å². The van der Waals surface area contributed by atoms with Crippen LogP contribution in [0.5, 0.6) is 5.75 Å². The number of aryl methyl sites for hydroxylation is 2. The normalized spacial score (nSPS) is 13.3. The van der Waals surface area contributed by atoms with Gasteiger partial charge in [-0.25, -0.2) is 4.98 Å². The van der Waals surface area contributed by atoms with Crippen LogP contribution in [-0.2, 0) is 13.0 Å². The molecule has 0 saturated carbocycles. The number of nitrogens with one attached hydrogen (secondary N) is 2. The zero-order valence-electron chi connectivity index (χ0n) is 18.5. The molecule has 0 fully saturated rings. The van der Waals surface area contributed by atoms with E-state index in [1.165, 1.54) is 17.3 Å². The Hall–Kier alpha value is -3.72. The van der Waals surface area contributed by atoms with Gasteiger partial charge in [0.2, 0.25) is 5.95 Å². The van der Waals surface area contributed by atoms with Gasteiger partial charge in [-0.2, -0.15) is 0 Å². The van der Waals surface area contributed by atoms with Gasteiger partial charge in [-0.15, -0.1) is 10.2 Å². The molecular weight excluding hydrogens is 406 g/mol. The van der Waals surface area contributed by atoms with Gasteiger partial charge in [0.05, 0.1) is 11.9 Å². The van der Waals surface area contributed by atoms with Crippen molar-refractivity contribution in [1.82, 2.24) is 20.1 Å². The van der Waals surface area contributed by atoms with Crippen molar-refractivity contribution in [2.24, 2.45) is 5.73 Å². The summed E-state index contributed by atoms with van der Waals surface area (Å²) in [6.45, 7) is 6.29. The number of hydrogen-bond acceptors (Lipinski definition) is 8. The molecule has 32 heavy (non-hydrogen) atoms. The van der Waals surface area contributed by atoms with E-state index in [0.717, 1.165) is 42.0 Å². The lowest BCUT2D eigenvalue weighted by atomic mass is 9.99. The molecule has 1 aromatic heterocycles. The standard InChI is InChI=1S/C23H27N7O2/c1-14-5-4-6-15(2)21(14)26-13-32-20-10-16-7-8-30(3)12-17(16)9-18(20)27-23-25-11-19(22(24)31)28-29-23/h4-6,9-11,26H,7-8,12-13H2,1-3H3,(H2,24,31)(H,25,27,29). The predicted octanol–water partition coefficient (Wildman–Crippen LogP) is 2.77. The van der Waals surface area contributed by atoms with Gasteiger partial charge in [0.25, 0.3) is 5.91 Å². The van der Waals surface area contributed by atoms with E-state index in [1.807, 2.05) is 6.07 Å². The Morgan fingerprint density at radius 3 is 2.66 bits per heavy atom. The molecule has 0 bridgehead atoms. The molecule has 0 saturated heterocycles. The van der Waals surface area contributed by atoms with Gasteiger partial charge in [0.15, 0.2) is 12.4 Å². The lowest BCUT2D eigenvalue weighted by Gasteiger charge is -2.26. The maximum absolute atomic E-state index is 11.2.